The van der Waals surface area contributed by atoms with Crippen molar-refractivity contribution < 1.29 is 9.59 Å². The fourth-order valence-electron chi connectivity index (χ4n) is 3.75. The molecule has 0 saturated carbocycles. The van der Waals surface area contributed by atoms with Gasteiger partial charge in [-0.3, -0.25) is 4.99 Å². The minimum atomic E-state index is -0.940. The second kappa shape index (κ2) is 10.5. The zero-order valence-electron chi connectivity index (χ0n) is 18.3. The first kappa shape index (κ1) is 23.6. The summed E-state index contributed by atoms with van der Waals surface area (Å²) < 4.78 is -0.700. The third-order valence-corrected chi connectivity index (χ3v) is 5.36. The normalized spacial score (nSPS) is 13.5. The monoisotopic (exact) mass is 445 g/mol. The summed E-state index contributed by atoms with van der Waals surface area (Å²) in [5, 5.41) is 0. The average molecular weight is 446 g/mol. The predicted octanol–water partition coefficient (Wildman–Crippen LogP) is 2.66. The SMILES string of the molecule is NC(N)=NCCCC(N)C(=O)[N+](C(=O)c1ccccc1)(c1ccccc1)c1ccc(N)cc1. The van der Waals surface area contributed by atoms with E-state index in [0.29, 0.717) is 42.0 Å². The number of imide groups is 1. The smallest absolute Gasteiger partial charge is 0.363 e. The molecule has 8 N–H and O–H groups in total. The molecule has 0 saturated heterocycles. The summed E-state index contributed by atoms with van der Waals surface area (Å²) in [6, 6.07) is 23.4. The number of para-hydroxylation sites is 1. The maximum absolute atomic E-state index is 14.1. The molecule has 2 amide bonds. The van der Waals surface area contributed by atoms with Gasteiger partial charge in [0.05, 0.1) is 5.56 Å². The van der Waals surface area contributed by atoms with Gasteiger partial charge in [0.2, 0.25) is 0 Å². The molecule has 8 heteroatoms. The summed E-state index contributed by atoms with van der Waals surface area (Å²) in [7, 11) is 0. The number of rotatable bonds is 8. The van der Waals surface area contributed by atoms with E-state index in [0.717, 1.165) is 0 Å². The van der Waals surface area contributed by atoms with E-state index >= 15 is 0 Å². The number of guanidine groups is 1. The van der Waals surface area contributed by atoms with E-state index in [1.54, 1.807) is 72.8 Å². The molecule has 0 aliphatic rings. The lowest BCUT2D eigenvalue weighted by Gasteiger charge is -2.34. The van der Waals surface area contributed by atoms with Crippen molar-refractivity contribution in [2.45, 2.75) is 18.9 Å². The number of nitrogens with two attached hydrogens (primary N) is 4. The van der Waals surface area contributed by atoms with E-state index in [1.807, 2.05) is 12.1 Å². The van der Waals surface area contributed by atoms with E-state index in [1.165, 1.54) is 0 Å². The van der Waals surface area contributed by atoms with Crippen molar-refractivity contribution in [2.75, 3.05) is 12.3 Å². The van der Waals surface area contributed by atoms with Crippen LogP contribution in [0.3, 0.4) is 0 Å². The summed E-state index contributed by atoms with van der Waals surface area (Å²) in [6.07, 6.45) is 0.792. The summed E-state index contributed by atoms with van der Waals surface area (Å²) in [5.41, 5.74) is 24.9. The number of quaternary nitrogens is 1. The molecule has 3 rings (SSSR count). The van der Waals surface area contributed by atoms with Crippen LogP contribution in [0.1, 0.15) is 23.2 Å². The number of nitrogens with zero attached hydrogens (tertiary/aromatic N) is 2. The summed E-state index contributed by atoms with van der Waals surface area (Å²) in [4.78, 5) is 32.2. The highest BCUT2D eigenvalue weighted by Gasteiger charge is 2.51. The van der Waals surface area contributed by atoms with Crippen LogP contribution in [0.4, 0.5) is 17.1 Å². The van der Waals surface area contributed by atoms with Crippen molar-refractivity contribution in [3.8, 4) is 0 Å². The maximum Gasteiger partial charge on any atom is 0.363 e. The van der Waals surface area contributed by atoms with E-state index in [4.69, 9.17) is 22.9 Å². The molecular weight excluding hydrogens is 416 g/mol. The molecule has 8 nitrogen and oxygen atoms in total. The van der Waals surface area contributed by atoms with Gasteiger partial charge < -0.3 is 22.9 Å². The summed E-state index contributed by atoms with van der Waals surface area (Å²) in [6.45, 7) is 0.336. The van der Waals surface area contributed by atoms with Crippen LogP contribution in [0, 0.1) is 0 Å². The highest BCUT2D eigenvalue weighted by atomic mass is 16.2. The number of benzene rings is 3. The molecule has 2 atom stereocenters. The number of hydrogen-bond donors (Lipinski definition) is 4. The fraction of sp³-hybridized carbons (Fsp3) is 0.160. The Hall–Kier alpha value is -4.01. The Morgan fingerprint density at radius 1 is 0.818 bits per heavy atom. The highest BCUT2D eigenvalue weighted by Crippen LogP contribution is 2.38. The van der Waals surface area contributed by atoms with Gasteiger partial charge in [0.1, 0.15) is 6.04 Å². The molecule has 0 fully saturated rings. The molecule has 0 bridgehead atoms. The Balaban J connectivity index is 2.16. The molecule has 0 aliphatic carbocycles. The first-order valence-corrected chi connectivity index (χ1v) is 10.6. The third kappa shape index (κ3) is 5.08. The van der Waals surface area contributed by atoms with E-state index in [2.05, 4.69) is 4.99 Å². The molecule has 33 heavy (non-hydrogen) atoms. The van der Waals surface area contributed by atoms with Crippen LogP contribution < -0.4 is 27.4 Å². The average Bonchev–Trinajstić information content (AvgIpc) is 2.84. The van der Waals surface area contributed by atoms with Crippen LogP contribution in [0.15, 0.2) is 89.9 Å². The van der Waals surface area contributed by atoms with Crippen molar-refractivity contribution in [3.63, 3.8) is 0 Å². The highest BCUT2D eigenvalue weighted by molar-refractivity contribution is 6.21. The lowest BCUT2D eigenvalue weighted by atomic mass is 10.0. The molecule has 3 aromatic rings. The molecule has 3 aromatic carbocycles. The van der Waals surface area contributed by atoms with Crippen molar-refractivity contribution in [1.82, 2.24) is 4.48 Å². The number of carbonyl (C=O) groups is 2. The van der Waals surface area contributed by atoms with E-state index < -0.39 is 22.3 Å². The molecule has 170 valence electrons. The van der Waals surface area contributed by atoms with Gasteiger partial charge in [-0.15, -0.1) is 4.48 Å². The molecule has 2 unspecified atom stereocenters. The van der Waals surface area contributed by atoms with Gasteiger partial charge in [-0.25, -0.2) is 9.59 Å². The zero-order chi connectivity index (χ0) is 23.8. The third-order valence-electron chi connectivity index (χ3n) is 5.36. The molecule has 0 aliphatic heterocycles. The van der Waals surface area contributed by atoms with Crippen molar-refractivity contribution in [1.29, 1.82) is 0 Å². The first-order chi connectivity index (χ1) is 15.9. The molecular formula is C25H29N6O2+. The fourth-order valence-corrected chi connectivity index (χ4v) is 3.75. The van der Waals surface area contributed by atoms with Gasteiger partial charge >= 0.3 is 11.8 Å². The topological polar surface area (TPSA) is 151 Å². The van der Waals surface area contributed by atoms with Gasteiger partial charge in [0.25, 0.3) is 0 Å². The van der Waals surface area contributed by atoms with Crippen LogP contribution in [0.2, 0.25) is 0 Å². The van der Waals surface area contributed by atoms with Crippen molar-refractivity contribution >= 4 is 34.8 Å². The number of aliphatic imine (C=N–C) groups is 1. The number of carbonyl (C=O) groups excluding carboxylic acids is 2. The maximum atomic E-state index is 14.1. The largest absolute Gasteiger partial charge is 0.399 e. The number of anilines is 1. The first-order valence-electron chi connectivity index (χ1n) is 10.6. The van der Waals surface area contributed by atoms with Crippen LogP contribution in [-0.4, -0.2) is 30.4 Å². The van der Waals surface area contributed by atoms with Gasteiger partial charge in [0.15, 0.2) is 17.3 Å². The van der Waals surface area contributed by atoms with Gasteiger partial charge in [-0.2, -0.15) is 0 Å². The zero-order valence-corrected chi connectivity index (χ0v) is 18.3. The quantitative estimate of drug-likeness (QED) is 0.138. The Morgan fingerprint density at radius 3 is 1.94 bits per heavy atom. The second-order valence-corrected chi connectivity index (χ2v) is 7.66. The van der Waals surface area contributed by atoms with E-state index in [9.17, 15) is 9.59 Å². The molecule has 0 aromatic heterocycles. The Labute approximate surface area is 193 Å². The van der Waals surface area contributed by atoms with Crippen LogP contribution in [-0.2, 0) is 4.79 Å². The van der Waals surface area contributed by atoms with Crippen molar-refractivity contribution in [2.24, 2.45) is 22.2 Å². The Bertz CT molecular complexity index is 1110. The standard InChI is InChI=1S/C25H29N6O2/c26-19-13-15-21(16-14-19)31(20-10-5-2-6-11-20,23(32)18-8-3-1-4-9-18)24(33)22(27)12-7-17-30-25(28)29/h1-6,8-11,13-16,22H,7,12,17,26-27H2,(H4,28,29,30)/q+1. The van der Waals surface area contributed by atoms with Gasteiger partial charge in [-0.05, 0) is 37.1 Å². The number of amides is 2. The Morgan fingerprint density at radius 2 is 1.36 bits per heavy atom. The van der Waals surface area contributed by atoms with Crippen LogP contribution >= 0.6 is 0 Å². The lowest BCUT2D eigenvalue weighted by molar-refractivity contribution is -0.127. The predicted molar refractivity (Wildman–Crippen MR) is 132 cm³/mol. The van der Waals surface area contributed by atoms with Crippen molar-refractivity contribution in [3.05, 3.63) is 90.5 Å². The van der Waals surface area contributed by atoms with Crippen LogP contribution in [0.5, 0.6) is 0 Å². The van der Waals surface area contributed by atoms with Gasteiger partial charge in [0, 0.05) is 36.5 Å². The van der Waals surface area contributed by atoms with E-state index in [-0.39, 0.29) is 5.96 Å². The summed E-state index contributed by atoms with van der Waals surface area (Å²) >= 11 is 0. The second-order valence-electron chi connectivity index (χ2n) is 7.66. The van der Waals surface area contributed by atoms with Crippen LogP contribution in [0.25, 0.3) is 0 Å². The minimum absolute atomic E-state index is 0.0227. The lowest BCUT2D eigenvalue weighted by Crippen LogP contribution is -2.60. The number of nitrogen functional groups attached to an aromatic ring is 1. The minimum Gasteiger partial charge on any atom is -0.399 e. The van der Waals surface area contributed by atoms with Gasteiger partial charge in [-0.1, -0.05) is 36.4 Å². The number of hydrogen-bond acceptors (Lipinski definition) is 5. The Kier molecular flexibility index (Phi) is 7.55. The molecule has 0 radical (unpaired) electrons. The summed E-state index contributed by atoms with van der Waals surface area (Å²) in [5.74, 6) is -0.883. The molecule has 0 heterocycles. The molecule has 0 spiro atoms.